The molecule has 3 heteroatoms. The highest BCUT2D eigenvalue weighted by atomic mass is 15.0. The highest BCUT2D eigenvalue weighted by Crippen LogP contribution is 2.39. The third-order valence-electron chi connectivity index (χ3n) is 5.57. The molecule has 3 N–H and O–H groups in total. The van der Waals surface area contributed by atoms with Gasteiger partial charge in [0.15, 0.2) is 0 Å². The fraction of sp³-hybridized carbons (Fsp3) is 0.154. The Morgan fingerprint density at radius 2 is 1.21 bits per heavy atom. The standard InChI is InChI=1S/C26H27N3/c1-27-24-17-23(25(28-2)26(24)29-3)22-12-8-7-11-21(22)20-15-13-19(14-16-20)18-9-5-4-6-10-18/h4-17,23,27-29H,1-3H3. The van der Waals surface area contributed by atoms with Gasteiger partial charge < -0.3 is 16.0 Å². The Kier molecular flexibility index (Phi) is 5.39. The normalized spacial score (nSPS) is 15.8. The third-order valence-corrected chi connectivity index (χ3v) is 5.57. The van der Waals surface area contributed by atoms with E-state index in [1.165, 1.54) is 33.5 Å². The van der Waals surface area contributed by atoms with Crippen LogP contribution >= 0.6 is 0 Å². The van der Waals surface area contributed by atoms with Crippen LogP contribution in [0.1, 0.15) is 11.5 Å². The number of likely N-dealkylation sites (N-methyl/N-ethyl adjacent to an activating group) is 3. The van der Waals surface area contributed by atoms with Crippen molar-refractivity contribution in [3.05, 3.63) is 108 Å². The Labute approximate surface area is 173 Å². The molecule has 146 valence electrons. The van der Waals surface area contributed by atoms with Gasteiger partial charge in [0.05, 0.1) is 11.4 Å². The molecule has 1 unspecified atom stereocenters. The second-order valence-electron chi connectivity index (χ2n) is 7.13. The largest absolute Gasteiger partial charge is 0.389 e. The second kappa shape index (κ2) is 8.27. The first-order valence-corrected chi connectivity index (χ1v) is 10.0. The minimum absolute atomic E-state index is 0.176. The summed E-state index contributed by atoms with van der Waals surface area (Å²) in [6.45, 7) is 0. The number of nitrogens with one attached hydrogen (secondary N) is 3. The van der Waals surface area contributed by atoms with E-state index in [-0.39, 0.29) is 5.92 Å². The molecule has 0 spiro atoms. The number of hydrogen-bond donors (Lipinski definition) is 3. The van der Waals surface area contributed by atoms with Crippen LogP contribution in [0.5, 0.6) is 0 Å². The molecule has 0 saturated carbocycles. The van der Waals surface area contributed by atoms with Gasteiger partial charge in [-0.25, -0.2) is 0 Å². The number of allylic oxidation sites excluding steroid dienone is 1. The van der Waals surface area contributed by atoms with Crippen LogP contribution in [0, 0.1) is 0 Å². The molecule has 3 aromatic carbocycles. The van der Waals surface area contributed by atoms with Gasteiger partial charge in [-0.2, -0.15) is 0 Å². The van der Waals surface area contributed by atoms with Gasteiger partial charge in [-0.1, -0.05) is 78.9 Å². The molecule has 4 rings (SSSR count). The van der Waals surface area contributed by atoms with Crippen molar-refractivity contribution in [1.82, 2.24) is 16.0 Å². The third kappa shape index (κ3) is 3.52. The first-order chi connectivity index (χ1) is 14.3. The molecule has 0 radical (unpaired) electrons. The monoisotopic (exact) mass is 381 g/mol. The molecular formula is C26H27N3. The van der Waals surface area contributed by atoms with Crippen LogP contribution in [-0.2, 0) is 0 Å². The number of benzene rings is 3. The smallest absolute Gasteiger partial charge is 0.0772 e. The second-order valence-corrected chi connectivity index (χ2v) is 7.13. The highest BCUT2D eigenvalue weighted by molar-refractivity contribution is 5.74. The van der Waals surface area contributed by atoms with E-state index < -0.39 is 0 Å². The SMILES string of the molecule is CNC1=CC(c2ccccc2-c2ccc(-c3ccccc3)cc2)C(NC)=C1NC. The van der Waals surface area contributed by atoms with E-state index in [4.69, 9.17) is 0 Å². The Morgan fingerprint density at radius 1 is 0.586 bits per heavy atom. The topological polar surface area (TPSA) is 36.1 Å². The van der Waals surface area contributed by atoms with Gasteiger partial charge in [0.1, 0.15) is 0 Å². The average Bonchev–Trinajstić information content (AvgIpc) is 3.17. The summed E-state index contributed by atoms with van der Waals surface area (Å²) in [4.78, 5) is 0. The Morgan fingerprint density at radius 3 is 1.86 bits per heavy atom. The van der Waals surface area contributed by atoms with Gasteiger partial charge in [0.2, 0.25) is 0 Å². The van der Waals surface area contributed by atoms with E-state index in [1.807, 2.05) is 21.1 Å². The molecular weight excluding hydrogens is 354 g/mol. The van der Waals surface area contributed by atoms with E-state index >= 15 is 0 Å². The van der Waals surface area contributed by atoms with Crippen molar-refractivity contribution >= 4 is 0 Å². The molecule has 0 fully saturated rings. The van der Waals surface area contributed by atoms with E-state index in [2.05, 4.69) is 101 Å². The molecule has 1 aliphatic carbocycles. The predicted molar refractivity (Wildman–Crippen MR) is 122 cm³/mol. The summed E-state index contributed by atoms with van der Waals surface area (Å²) in [5.41, 5.74) is 9.68. The van der Waals surface area contributed by atoms with Gasteiger partial charge in [0.25, 0.3) is 0 Å². The minimum Gasteiger partial charge on any atom is -0.389 e. The van der Waals surface area contributed by atoms with Crippen LogP contribution in [-0.4, -0.2) is 21.1 Å². The summed E-state index contributed by atoms with van der Waals surface area (Å²) in [6.07, 6.45) is 2.29. The zero-order valence-electron chi connectivity index (χ0n) is 17.2. The zero-order chi connectivity index (χ0) is 20.2. The Balaban J connectivity index is 1.75. The van der Waals surface area contributed by atoms with Crippen molar-refractivity contribution in [2.75, 3.05) is 21.1 Å². The summed E-state index contributed by atoms with van der Waals surface area (Å²) in [5, 5.41) is 10.1. The maximum atomic E-state index is 3.41. The first kappa shape index (κ1) is 18.9. The molecule has 1 aliphatic rings. The van der Waals surface area contributed by atoms with Gasteiger partial charge in [-0.15, -0.1) is 0 Å². The lowest BCUT2D eigenvalue weighted by atomic mass is 9.89. The van der Waals surface area contributed by atoms with Gasteiger partial charge >= 0.3 is 0 Å². The van der Waals surface area contributed by atoms with Crippen LogP contribution < -0.4 is 16.0 Å². The van der Waals surface area contributed by atoms with Gasteiger partial charge in [0, 0.05) is 32.8 Å². The molecule has 29 heavy (non-hydrogen) atoms. The molecule has 0 amide bonds. The van der Waals surface area contributed by atoms with Gasteiger partial charge in [-0.3, -0.25) is 0 Å². The number of rotatable bonds is 6. The minimum atomic E-state index is 0.176. The predicted octanol–water partition coefficient (Wildman–Crippen LogP) is 4.87. The average molecular weight is 382 g/mol. The van der Waals surface area contributed by atoms with E-state index in [0.29, 0.717) is 0 Å². The summed E-state index contributed by atoms with van der Waals surface area (Å²) in [7, 11) is 5.92. The molecule has 3 aromatic rings. The molecule has 0 saturated heterocycles. The fourth-order valence-electron chi connectivity index (χ4n) is 4.14. The number of hydrogen-bond acceptors (Lipinski definition) is 3. The van der Waals surface area contributed by atoms with Crippen LogP contribution in [0.4, 0.5) is 0 Å². The first-order valence-electron chi connectivity index (χ1n) is 10.0. The molecule has 0 aromatic heterocycles. The molecule has 1 atom stereocenters. The molecule has 3 nitrogen and oxygen atoms in total. The van der Waals surface area contributed by atoms with Crippen LogP contribution in [0.3, 0.4) is 0 Å². The zero-order valence-corrected chi connectivity index (χ0v) is 17.2. The maximum Gasteiger partial charge on any atom is 0.0772 e. The van der Waals surface area contributed by atoms with Gasteiger partial charge in [-0.05, 0) is 33.9 Å². The lowest BCUT2D eigenvalue weighted by Crippen LogP contribution is -2.21. The summed E-state index contributed by atoms with van der Waals surface area (Å²) >= 11 is 0. The van der Waals surface area contributed by atoms with E-state index in [0.717, 1.165) is 11.4 Å². The van der Waals surface area contributed by atoms with Crippen LogP contribution in [0.15, 0.2) is 102 Å². The molecule has 0 bridgehead atoms. The Bertz CT molecular complexity index is 1050. The van der Waals surface area contributed by atoms with Crippen molar-refractivity contribution in [2.24, 2.45) is 0 Å². The van der Waals surface area contributed by atoms with Crippen molar-refractivity contribution in [3.63, 3.8) is 0 Å². The lowest BCUT2D eigenvalue weighted by molar-refractivity contribution is 0.822. The van der Waals surface area contributed by atoms with Crippen molar-refractivity contribution in [2.45, 2.75) is 5.92 Å². The van der Waals surface area contributed by atoms with Crippen LogP contribution in [0.2, 0.25) is 0 Å². The van der Waals surface area contributed by atoms with Crippen molar-refractivity contribution in [1.29, 1.82) is 0 Å². The van der Waals surface area contributed by atoms with E-state index in [1.54, 1.807) is 0 Å². The van der Waals surface area contributed by atoms with Crippen molar-refractivity contribution < 1.29 is 0 Å². The van der Waals surface area contributed by atoms with Crippen molar-refractivity contribution in [3.8, 4) is 22.3 Å². The quantitative estimate of drug-likeness (QED) is 0.570. The molecule has 0 heterocycles. The lowest BCUT2D eigenvalue weighted by Gasteiger charge is -2.19. The van der Waals surface area contributed by atoms with E-state index in [9.17, 15) is 0 Å². The summed E-state index contributed by atoms with van der Waals surface area (Å²) in [5.74, 6) is 0.176. The molecule has 0 aliphatic heterocycles. The Hall–Kier alpha value is -3.46. The summed E-state index contributed by atoms with van der Waals surface area (Å²) in [6, 6.07) is 28.0. The highest BCUT2D eigenvalue weighted by Gasteiger charge is 2.27. The maximum absolute atomic E-state index is 3.41. The van der Waals surface area contributed by atoms with Crippen LogP contribution in [0.25, 0.3) is 22.3 Å². The fourth-order valence-corrected chi connectivity index (χ4v) is 4.14. The summed E-state index contributed by atoms with van der Waals surface area (Å²) < 4.78 is 0.